The molecule has 3 atom stereocenters. The topological polar surface area (TPSA) is 53.6 Å². The molecule has 0 bridgehead atoms. The number of ether oxygens (including phenoxy) is 1. The highest BCUT2D eigenvalue weighted by Gasteiger charge is 2.49. The number of aliphatic hydroxyl groups is 2. The van der Waals surface area contributed by atoms with Gasteiger partial charge in [-0.1, -0.05) is 6.07 Å². The highest BCUT2D eigenvalue weighted by atomic mass is 16.6. The van der Waals surface area contributed by atoms with E-state index in [1.54, 1.807) is 0 Å². The summed E-state index contributed by atoms with van der Waals surface area (Å²) in [5.41, 5.74) is -0.561. The van der Waals surface area contributed by atoms with E-state index in [2.05, 4.69) is 0 Å². The van der Waals surface area contributed by atoms with E-state index in [9.17, 15) is 5.11 Å². The van der Waals surface area contributed by atoms with E-state index < -0.39 is 17.9 Å². The Hall–Kier alpha value is -0.970. The van der Waals surface area contributed by atoms with E-state index in [1.165, 1.54) is 0 Å². The van der Waals surface area contributed by atoms with Gasteiger partial charge in [0.2, 0.25) is 0 Å². The van der Waals surface area contributed by atoms with Crippen LogP contribution in [-0.4, -0.2) is 29.0 Å². The first-order valence-corrected chi connectivity index (χ1v) is 5.09. The fourth-order valence-electron chi connectivity index (χ4n) is 2.01. The third-order valence-corrected chi connectivity index (χ3v) is 2.86. The molecular weight excluding hydrogens is 194 g/mol. The zero-order valence-corrected chi connectivity index (χ0v) is 8.71. The lowest BCUT2D eigenvalue weighted by Gasteiger charge is -2.17. The molecule has 15 heavy (non-hydrogen) atoms. The minimum atomic E-state index is -0.604. The molecule has 1 unspecified atom stereocenters. The number of rotatable bonds is 2. The Morgan fingerprint density at radius 2 is 2.07 bits per heavy atom. The van der Waals surface area contributed by atoms with Crippen LogP contribution in [0.1, 0.15) is 13.3 Å². The third-order valence-electron chi connectivity index (χ3n) is 2.86. The normalized spacial score (nSPS) is 35.7. The summed E-state index contributed by atoms with van der Waals surface area (Å²) in [4.78, 5) is 0. The van der Waals surface area contributed by atoms with Crippen LogP contribution in [0.25, 0.3) is 0 Å². The van der Waals surface area contributed by atoms with Gasteiger partial charge in [-0.05, 0) is 0 Å². The molecule has 1 fully saturated rings. The summed E-state index contributed by atoms with van der Waals surface area (Å²) in [5.74, 6) is 0. The largest absolute Gasteiger partial charge is 0.394 e. The van der Waals surface area contributed by atoms with Crippen molar-refractivity contribution in [3.05, 3.63) is 30.6 Å². The van der Waals surface area contributed by atoms with Crippen LogP contribution < -0.4 is 4.57 Å². The number of pyridine rings is 1. The van der Waals surface area contributed by atoms with Gasteiger partial charge in [0.1, 0.15) is 6.10 Å². The molecule has 1 aromatic heterocycles. The number of hydrogen-bond donors (Lipinski definition) is 2. The quantitative estimate of drug-likeness (QED) is 0.664. The van der Waals surface area contributed by atoms with Crippen molar-refractivity contribution >= 4 is 0 Å². The number of nitrogens with zero attached hydrogens (tertiary/aromatic N) is 1. The minimum absolute atomic E-state index is 0.149. The summed E-state index contributed by atoms with van der Waals surface area (Å²) in [6, 6.07) is 5.75. The van der Waals surface area contributed by atoms with Crippen molar-refractivity contribution in [1.29, 1.82) is 0 Å². The minimum Gasteiger partial charge on any atom is -0.394 e. The number of aromatic nitrogens is 1. The van der Waals surface area contributed by atoms with E-state index >= 15 is 0 Å². The van der Waals surface area contributed by atoms with Gasteiger partial charge in [0.15, 0.2) is 12.4 Å². The molecule has 0 amide bonds. The van der Waals surface area contributed by atoms with Crippen LogP contribution in [0, 0.1) is 0 Å². The number of aliphatic hydroxyl groups excluding tert-OH is 2. The maximum absolute atomic E-state index is 9.69. The average Bonchev–Trinajstić information content (AvgIpc) is 2.56. The highest BCUT2D eigenvalue weighted by molar-refractivity contribution is 4.87. The SMILES string of the molecule is CC1([n+]2ccccc2)C[C@H](O)[C@@H](CO)O1. The second-order valence-electron chi connectivity index (χ2n) is 4.07. The maximum atomic E-state index is 9.69. The van der Waals surface area contributed by atoms with Gasteiger partial charge >= 0.3 is 0 Å². The van der Waals surface area contributed by atoms with Gasteiger partial charge in [0.05, 0.1) is 19.1 Å². The van der Waals surface area contributed by atoms with E-state index in [4.69, 9.17) is 9.84 Å². The summed E-state index contributed by atoms with van der Waals surface area (Å²) in [6.07, 6.45) is 3.20. The van der Waals surface area contributed by atoms with Gasteiger partial charge in [-0.3, -0.25) is 0 Å². The summed E-state index contributed by atoms with van der Waals surface area (Å²) < 4.78 is 7.57. The van der Waals surface area contributed by atoms with Crippen LogP contribution in [0.2, 0.25) is 0 Å². The van der Waals surface area contributed by atoms with Crippen molar-refractivity contribution in [2.24, 2.45) is 0 Å². The molecule has 0 saturated carbocycles. The van der Waals surface area contributed by atoms with Crippen LogP contribution in [-0.2, 0) is 10.5 Å². The van der Waals surface area contributed by atoms with Crippen LogP contribution in [0.3, 0.4) is 0 Å². The average molecular weight is 210 g/mol. The van der Waals surface area contributed by atoms with Gasteiger partial charge in [-0.15, -0.1) is 0 Å². The van der Waals surface area contributed by atoms with Gasteiger partial charge in [-0.2, -0.15) is 4.57 Å². The second kappa shape index (κ2) is 3.89. The molecule has 1 aromatic rings. The van der Waals surface area contributed by atoms with Crippen molar-refractivity contribution in [3.8, 4) is 0 Å². The molecule has 1 saturated heterocycles. The van der Waals surface area contributed by atoms with Gasteiger partial charge in [0, 0.05) is 19.1 Å². The van der Waals surface area contributed by atoms with Crippen molar-refractivity contribution in [2.45, 2.75) is 31.3 Å². The van der Waals surface area contributed by atoms with Crippen molar-refractivity contribution in [2.75, 3.05) is 6.61 Å². The molecular formula is C11H16NO3+. The van der Waals surface area contributed by atoms with Crippen LogP contribution in [0.5, 0.6) is 0 Å². The van der Waals surface area contributed by atoms with Crippen LogP contribution >= 0.6 is 0 Å². The summed E-state index contributed by atoms with van der Waals surface area (Å²) in [6.45, 7) is 1.76. The lowest BCUT2D eigenvalue weighted by Crippen LogP contribution is -2.54. The Kier molecular flexibility index (Phi) is 2.73. The van der Waals surface area contributed by atoms with Gasteiger partial charge in [-0.25, -0.2) is 0 Å². The molecule has 2 rings (SSSR count). The Bertz CT molecular complexity index is 330. The second-order valence-corrected chi connectivity index (χ2v) is 4.07. The molecule has 4 heteroatoms. The molecule has 0 aliphatic carbocycles. The summed E-state index contributed by atoms with van der Waals surface area (Å²) in [5, 5.41) is 18.7. The first-order chi connectivity index (χ1) is 7.15. The number of hydrogen-bond acceptors (Lipinski definition) is 3. The fourth-order valence-corrected chi connectivity index (χ4v) is 2.01. The van der Waals surface area contributed by atoms with E-state index in [-0.39, 0.29) is 6.61 Å². The van der Waals surface area contributed by atoms with Gasteiger partial charge < -0.3 is 14.9 Å². The molecule has 1 aliphatic heterocycles. The zero-order chi connectivity index (χ0) is 10.9. The predicted octanol–water partition coefficient (Wildman–Crippen LogP) is -0.211. The standard InChI is InChI=1S/C11H16NO3/c1-11(12-5-3-2-4-6-12)7-9(14)10(8-13)15-11/h2-6,9-10,13-14H,7-8H2,1H3/q+1/t9-,10+,11?/m0/s1. The Balaban J connectivity index is 2.23. The molecule has 0 aromatic carbocycles. The molecule has 2 N–H and O–H groups in total. The fraction of sp³-hybridized carbons (Fsp3) is 0.545. The molecule has 0 radical (unpaired) electrons. The van der Waals surface area contributed by atoms with Gasteiger partial charge in [0.25, 0.3) is 5.72 Å². The van der Waals surface area contributed by atoms with Crippen molar-refractivity contribution < 1.29 is 19.5 Å². The van der Waals surface area contributed by atoms with E-state index in [1.807, 2.05) is 42.1 Å². The van der Waals surface area contributed by atoms with Crippen LogP contribution in [0.4, 0.5) is 0 Å². The van der Waals surface area contributed by atoms with Crippen molar-refractivity contribution in [3.63, 3.8) is 0 Å². The maximum Gasteiger partial charge on any atom is 0.272 e. The molecule has 82 valence electrons. The van der Waals surface area contributed by atoms with E-state index in [0.29, 0.717) is 6.42 Å². The lowest BCUT2D eigenvalue weighted by molar-refractivity contribution is -0.802. The smallest absolute Gasteiger partial charge is 0.272 e. The Labute approximate surface area is 88.7 Å². The van der Waals surface area contributed by atoms with E-state index in [0.717, 1.165) is 0 Å². The molecule has 2 heterocycles. The lowest BCUT2D eigenvalue weighted by atomic mass is 10.1. The highest BCUT2D eigenvalue weighted by Crippen LogP contribution is 2.29. The Morgan fingerprint density at radius 1 is 1.40 bits per heavy atom. The summed E-state index contributed by atoms with van der Waals surface area (Å²) in [7, 11) is 0. The third kappa shape index (κ3) is 1.88. The monoisotopic (exact) mass is 210 g/mol. The molecule has 4 nitrogen and oxygen atoms in total. The molecule has 0 spiro atoms. The van der Waals surface area contributed by atoms with Crippen LogP contribution in [0.15, 0.2) is 30.6 Å². The first kappa shape index (κ1) is 10.5. The Morgan fingerprint density at radius 3 is 2.60 bits per heavy atom. The zero-order valence-electron chi connectivity index (χ0n) is 8.71. The van der Waals surface area contributed by atoms with Crippen molar-refractivity contribution in [1.82, 2.24) is 0 Å². The summed E-state index contributed by atoms with van der Waals surface area (Å²) >= 11 is 0. The first-order valence-electron chi connectivity index (χ1n) is 5.09. The molecule has 1 aliphatic rings. The predicted molar refractivity (Wildman–Crippen MR) is 52.9 cm³/mol.